The van der Waals surface area contributed by atoms with Crippen molar-refractivity contribution in [3.05, 3.63) is 28.0 Å². The van der Waals surface area contributed by atoms with Crippen molar-refractivity contribution in [1.29, 1.82) is 0 Å². The van der Waals surface area contributed by atoms with Gasteiger partial charge in [-0.15, -0.1) is 0 Å². The van der Waals surface area contributed by atoms with Crippen LogP contribution in [0, 0.1) is 0 Å². The highest BCUT2D eigenvalue weighted by Crippen LogP contribution is 2.29. The van der Waals surface area contributed by atoms with E-state index in [0.717, 1.165) is 16.1 Å². The highest BCUT2D eigenvalue weighted by atomic mass is 79.9. The fraction of sp³-hybridized carbons (Fsp3) is 0.364. The molecule has 1 N–H and O–H groups in total. The fourth-order valence-corrected chi connectivity index (χ4v) is 1.97. The Morgan fingerprint density at radius 3 is 2.53 bits per heavy atom. The summed E-state index contributed by atoms with van der Waals surface area (Å²) in [6.45, 7) is 6.28. The first kappa shape index (κ1) is 12.5. The van der Waals surface area contributed by atoms with E-state index in [1.165, 1.54) is 0 Å². The van der Waals surface area contributed by atoms with Crippen molar-refractivity contribution < 1.29 is 0 Å². The van der Waals surface area contributed by atoms with Gasteiger partial charge < -0.3 is 4.98 Å². The Labute approximate surface area is 113 Å². The predicted molar refractivity (Wildman–Crippen MR) is 71.0 cm³/mol. The van der Waals surface area contributed by atoms with E-state index in [4.69, 9.17) is 11.6 Å². The maximum atomic E-state index is 5.77. The molecular formula is C11H12BrClN4. The molecule has 0 amide bonds. The van der Waals surface area contributed by atoms with E-state index in [1.54, 1.807) is 12.3 Å². The summed E-state index contributed by atoms with van der Waals surface area (Å²) >= 11 is 9.22. The second kappa shape index (κ2) is 4.38. The van der Waals surface area contributed by atoms with E-state index >= 15 is 0 Å². The van der Waals surface area contributed by atoms with Gasteiger partial charge in [-0.3, -0.25) is 0 Å². The lowest BCUT2D eigenvalue weighted by molar-refractivity contribution is 0.552. The lowest BCUT2D eigenvalue weighted by Gasteiger charge is -2.13. The topological polar surface area (TPSA) is 54.5 Å². The average molecular weight is 316 g/mol. The van der Waals surface area contributed by atoms with Gasteiger partial charge in [0.25, 0.3) is 0 Å². The van der Waals surface area contributed by atoms with Gasteiger partial charge in [-0.2, -0.15) is 0 Å². The third kappa shape index (κ3) is 2.66. The highest BCUT2D eigenvalue weighted by Gasteiger charge is 2.21. The Morgan fingerprint density at radius 1 is 1.29 bits per heavy atom. The molecule has 17 heavy (non-hydrogen) atoms. The van der Waals surface area contributed by atoms with Crippen molar-refractivity contribution in [2.24, 2.45) is 0 Å². The van der Waals surface area contributed by atoms with Gasteiger partial charge in [0, 0.05) is 11.6 Å². The number of nitrogens with zero attached hydrogens (tertiary/aromatic N) is 3. The molecule has 0 aliphatic carbocycles. The van der Waals surface area contributed by atoms with Gasteiger partial charge in [0.05, 0.1) is 5.69 Å². The molecule has 2 rings (SSSR count). The number of aromatic amines is 1. The number of hydrogen-bond acceptors (Lipinski definition) is 3. The Morgan fingerprint density at radius 2 is 2.00 bits per heavy atom. The molecule has 2 aromatic heterocycles. The quantitative estimate of drug-likeness (QED) is 0.818. The summed E-state index contributed by atoms with van der Waals surface area (Å²) in [7, 11) is 0. The predicted octanol–water partition coefficient (Wildman–Crippen LogP) is 3.58. The van der Waals surface area contributed by atoms with Crippen LogP contribution in [0.3, 0.4) is 0 Å². The van der Waals surface area contributed by atoms with Crippen LogP contribution in [0.2, 0.25) is 5.28 Å². The van der Waals surface area contributed by atoms with Gasteiger partial charge in [0.1, 0.15) is 16.1 Å². The molecule has 0 saturated heterocycles. The van der Waals surface area contributed by atoms with Crippen LogP contribution in [0.4, 0.5) is 0 Å². The normalized spacial score (nSPS) is 11.8. The van der Waals surface area contributed by atoms with Gasteiger partial charge in [-0.25, -0.2) is 15.0 Å². The smallest absolute Gasteiger partial charge is 0.222 e. The number of nitrogens with one attached hydrogen (secondary N) is 1. The molecule has 2 aromatic rings. The molecule has 0 spiro atoms. The van der Waals surface area contributed by atoms with Gasteiger partial charge in [-0.1, -0.05) is 20.8 Å². The largest absolute Gasteiger partial charge is 0.336 e. The van der Waals surface area contributed by atoms with E-state index in [1.807, 2.05) is 0 Å². The SMILES string of the molecule is CC(C)(C)c1nc(-c2ccnc(Cl)n2)c(Br)[nH]1. The number of aromatic nitrogens is 4. The standard InChI is InChI=1S/C11H12BrClN4/c1-11(2,3)9-16-7(8(12)17-9)6-4-5-14-10(13)15-6/h4-5H,1-3H3,(H,16,17). The van der Waals surface area contributed by atoms with Crippen LogP contribution < -0.4 is 0 Å². The van der Waals surface area contributed by atoms with E-state index in [-0.39, 0.29) is 10.7 Å². The van der Waals surface area contributed by atoms with Crippen molar-refractivity contribution >= 4 is 27.5 Å². The molecule has 2 heterocycles. The first-order chi connectivity index (χ1) is 7.88. The third-order valence-electron chi connectivity index (χ3n) is 2.24. The summed E-state index contributed by atoms with van der Waals surface area (Å²) in [6, 6.07) is 1.78. The van der Waals surface area contributed by atoms with E-state index in [0.29, 0.717) is 5.69 Å². The van der Waals surface area contributed by atoms with Crippen LogP contribution in [0.25, 0.3) is 11.4 Å². The van der Waals surface area contributed by atoms with Gasteiger partial charge in [0.15, 0.2) is 0 Å². The number of halogens is 2. The van der Waals surface area contributed by atoms with E-state index in [2.05, 4.69) is 56.6 Å². The minimum absolute atomic E-state index is 0.0441. The maximum absolute atomic E-state index is 5.77. The zero-order valence-corrected chi connectivity index (χ0v) is 12.1. The van der Waals surface area contributed by atoms with Crippen LogP contribution in [-0.2, 0) is 5.41 Å². The molecule has 90 valence electrons. The molecule has 0 aromatic carbocycles. The first-order valence-electron chi connectivity index (χ1n) is 5.13. The number of rotatable bonds is 1. The van der Waals surface area contributed by atoms with Crippen molar-refractivity contribution in [2.75, 3.05) is 0 Å². The van der Waals surface area contributed by atoms with Crippen LogP contribution in [0.5, 0.6) is 0 Å². The van der Waals surface area contributed by atoms with Crippen LogP contribution in [-0.4, -0.2) is 19.9 Å². The lowest BCUT2D eigenvalue weighted by Crippen LogP contribution is -2.13. The summed E-state index contributed by atoms with van der Waals surface area (Å²) in [5, 5.41) is 0.217. The van der Waals surface area contributed by atoms with Crippen LogP contribution >= 0.6 is 27.5 Å². The molecule has 4 nitrogen and oxygen atoms in total. The molecule has 0 saturated carbocycles. The van der Waals surface area contributed by atoms with Crippen molar-refractivity contribution in [1.82, 2.24) is 19.9 Å². The molecule has 0 atom stereocenters. The average Bonchev–Trinajstić information content (AvgIpc) is 2.60. The molecule has 0 fully saturated rings. The molecular weight excluding hydrogens is 304 g/mol. The summed E-state index contributed by atoms with van der Waals surface area (Å²) in [5.41, 5.74) is 1.40. The van der Waals surface area contributed by atoms with Crippen molar-refractivity contribution in [3.63, 3.8) is 0 Å². The van der Waals surface area contributed by atoms with E-state index in [9.17, 15) is 0 Å². The van der Waals surface area contributed by atoms with Crippen molar-refractivity contribution in [3.8, 4) is 11.4 Å². The molecule has 0 bridgehead atoms. The third-order valence-corrected chi connectivity index (χ3v) is 2.99. The second-order valence-corrected chi connectivity index (χ2v) is 5.84. The summed E-state index contributed by atoms with van der Waals surface area (Å²) < 4.78 is 0.803. The zero-order valence-electron chi connectivity index (χ0n) is 9.75. The van der Waals surface area contributed by atoms with Crippen LogP contribution in [0.15, 0.2) is 16.9 Å². The molecule has 0 aliphatic rings. The summed E-state index contributed by atoms with van der Waals surface area (Å²) in [6.07, 6.45) is 1.61. The minimum atomic E-state index is -0.0441. The molecule has 0 aliphatic heterocycles. The minimum Gasteiger partial charge on any atom is -0.336 e. The van der Waals surface area contributed by atoms with Gasteiger partial charge in [-0.05, 0) is 33.6 Å². The number of imidazole rings is 1. The highest BCUT2D eigenvalue weighted by molar-refractivity contribution is 9.10. The maximum Gasteiger partial charge on any atom is 0.222 e. The van der Waals surface area contributed by atoms with Crippen molar-refractivity contribution in [2.45, 2.75) is 26.2 Å². The Balaban J connectivity index is 2.50. The monoisotopic (exact) mass is 314 g/mol. The van der Waals surface area contributed by atoms with Gasteiger partial charge in [0.2, 0.25) is 5.28 Å². The summed E-state index contributed by atoms with van der Waals surface area (Å²) in [5.74, 6) is 0.897. The van der Waals surface area contributed by atoms with Crippen LogP contribution in [0.1, 0.15) is 26.6 Å². The Bertz CT molecular complexity index is 545. The summed E-state index contributed by atoms with van der Waals surface area (Å²) in [4.78, 5) is 15.7. The number of hydrogen-bond donors (Lipinski definition) is 1. The second-order valence-electron chi connectivity index (χ2n) is 4.71. The first-order valence-corrected chi connectivity index (χ1v) is 6.30. The fourth-order valence-electron chi connectivity index (χ4n) is 1.34. The molecule has 0 unspecified atom stereocenters. The molecule has 0 radical (unpaired) electrons. The Kier molecular flexibility index (Phi) is 3.23. The Hall–Kier alpha value is -0.940. The zero-order chi connectivity index (χ0) is 12.6. The van der Waals surface area contributed by atoms with Gasteiger partial charge >= 0.3 is 0 Å². The van der Waals surface area contributed by atoms with E-state index < -0.39 is 0 Å². The number of H-pyrrole nitrogens is 1. The molecule has 6 heteroatoms. The lowest BCUT2D eigenvalue weighted by atomic mass is 9.96.